The third-order valence-corrected chi connectivity index (χ3v) is 6.63. The Bertz CT molecular complexity index is 1440. The quantitative estimate of drug-likeness (QED) is 0.131. The molecule has 5 N–H and O–H groups in total. The van der Waals surface area contributed by atoms with Gasteiger partial charge in [0.15, 0.2) is 0 Å². The van der Waals surface area contributed by atoms with Gasteiger partial charge in [-0.2, -0.15) is 0 Å². The van der Waals surface area contributed by atoms with E-state index in [4.69, 9.17) is 15.4 Å². The maximum absolute atomic E-state index is 13.2. The molecule has 2 amide bonds. The Morgan fingerprint density at radius 3 is 2.36 bits per heavy atom. The first kappa shape index (κ1) is 29.5. The molecule has 0 aliphatic heterocycles. The molecule has 0 bridgehead atoms. The zero-order chi connectivity index (χ0) is 28.6. The number of amidine groups is 1. The molecule has 3 aromatic rings. The highest BCUT2D eigenvalue weighted by molar-refractivity contribution is 7.89. The van der Waals surface area contributed by atoms with Crippen LogP contribution in [0.5, 0.6) is 0 Å². The fourth-order valence-electron chi connectivity index (χ4n) is 3.87. The Morgan fingerprint density at radius 2 is 1.72 bits per heavy atom. The van der Waals surface area contributed by atoms with E-state index >= 15 is 0 Å². The number of nitrogens with one attached hydrogen (secondary N) is 3. The van der Waals surface area contributed by atoms with Crippen LogP contribution in [0, 0.1) is 11.3 Å². The van der Waals surface area contributed by atoms with E-state index in [0.29, 0.717) is 41.1 Å². The molecule has 0 aliphatic carbocycles. The summed E-state index contributed by atoms with van der Waals surface area (Å²) < 4.78 is 24.0. The van der Waals surface area contributed by atoms with Gasteiger partial charge in [-0.25, -0.2) is 19.0 Å². The first-order valence-corrected chi connectivity index (χ1v) is 13.9. The molecule has 11 heteroatoms. The summed E-state index contributed by atoms with van der Waals surface area (Å²) in [6, 6.07) is 20.1. The Labute approximate surface area is 228 Å². The second kappa shape index (κ2) is 13.1. The number of hydrogen-bond donors (Lipinski definition) is 4. The van der Waals surface area contributed by atoms with Crippen molar-refractivity contribution in [1.82, 2.24) is 10.8 Å². The molecule has 0 heterocycles. The summed E-state index contributed by atoms with van der Waals surface area (Å²) >= 11 is 0. The SMILES string of the molecule is CCONC(=N)c1cccc(CNC(=O)C(=O)N(CC(C)C)c2ccc(-c3ccccc3S(N)(=O)=O)cc2)c1. The first-order valence-electron chi connectivity index (χ1n) is 12.4. The minimum absolute atomic E-state index is 0.000110. The second-order valence-electron chi connectivity index (χ2n) is 9.19. The summed E-state index contributed by atoms with van der Waals surface area (Å²) in [7, 11) is -3.93. The van der Waals surface area contributed by atoms with Crippen molar-refractivity contribution in [2.45, 2.75) is 32.2 Å². The van der Waals surface area contributed by atoms with E-state index in [1.807, 2.05) is 13.8 Å². The summed E-state index contributed by atoms with van der Waals surface area (Å²) in [4.78, 5) is 32.5. The summed E-state index contributed by atoms with van der Waals surface area (Å²) in [5.41, 5.74) is 5.37. The Hall–Kier alpha value is -4.06. The zero-order valence-electron chi connectivity index (χ0n) is 22.1. The van der Waals surface area contributed by atoms with Gasteiger partial charge in [0.2, 0.25) is 10.0 Å². The third-order valence-electron chi connectivity index (χ3n) is 5.66. The van der Waals surface area contributed by atoms with Crippen LogP contribution in [0.3, 0.4) is 0 Å². The van der Waals surface area contributed by atoms with Gasteiger partial charge in [0.1, 0.15) is 5.84 Å². The fraction of sp³-hybridized carbons (Fsp3) is 0.250. The minimum atomic E-state index is -3.93. The lowest BCUT2D eigenvalue weighted by Gasteiger charge is -2.24. The molecule has 0 aliphatic rings. The van der Waals surface area contributed by atoms with Crippen LogP contribution >= 0.6 is 0 Å². The molecule has 0 radical (unpaired) electrons. The van der Waals surface area contributed by atoms with Crippen molar-refractivity contribution in [3.8, 4) is 11.1 Å². The predicted molar refractivity (Wildman–Crippen MR) is 150 cm³/mol. The van der Waals surface area contributed by atoms with Gasteiger partial charge in [0, 0.05) is 29.9 Å². The number of sulfonamides is 1. The highest BCUT2D eigenvalue weighted by Crippen LogP contribution is 2.28. The van der Waals surface area contributed by atoms with Gasteiger partial charge in [0.05, 0.1) is 11.5 Å². The van der Waals surface area contributed by atoms with Gasteiger partial charge >= 0.3 is 11.8 Å². The minimum Gasteiger partial charge on any atom is -0.344 e. The molecule has 0 unspecified atom stereocenters. The number of rotatable bonds is 10. The van der Waals surface area contributed by atoms with Crippen molar-refractivity contribution in [1.29, 1.82) is 5.41 Å². The Kier molecular flexibility index (Phi) is 9.94. The van der Waals surface area contributed by atoms with Crippen molar-refractivity contribution < 1.29 is 22.8 Å². The van der Waals surface area contributed by atoms with Crippen LogP contribution in [-0.2, 0) is 31.0 Å². The standard InChI is InChI=1S/C28H33N5O5S/c1-4-38-32-26(29)22-9-7-8-20(16-22)17-31-27(34)28(35)33(18-19(2)3)23-14-12-21(13-15-23)24-10-5-6-11-25(24)39(30,36)37/h5-16,19H,4,17-18H2,1-3H3,(H2,29,32)(H,31,34)(H2,30,36,37). The number of nitrogens with two attached hydrogens (primary N) is 1. The maximum atomic E-state index is 13.2. The van der Waals surface area contributed by atoms with Crippen molar-refractivity contribution >= 4 is 33.4 Å². The van der Waals surface area contributed by atoms with Crippen molar-refractivity contribution in [3.05, 3.63) is 83.9 Å². The number of nitrogens with zero attached hydrogens (tertiary/aromatic N) is 1. The molecule has 0 saturated carbocycles. The number of hydroxylamine groups is 1. The number of carbonyl (C=O) groups excluding carboxylic acids is 2. The largest absolute Gasteiger partial charge is 0.344 e. The molecule has 0 saturated heterocycles. The summed E-state index contributed by atoms with van der Waals surface area (Å²) in [6.07, 6.45) is 0. The van der Waals surface area contributed by atoms with Gasteiger partial charge in [-0.3, -0.25) is 19.8 Å². The van der Waals surface area contributed by atoms with Gasteiger partial charge in [-0.15, -0.1) is 0 Å². The topological polar surface area (TPSA) is 155 Å². The lowest BCUT2D eigenvalue weighted by Crippen LogP contribution is -2.44. The van der Waals surface area contributed by atoms with Gasteiger partial charge in [-0.1, -0.05) is 62.4 Å². The molecule has 0 aromatic heterocycles. The molecule has 39 heavy (non-hydrogen) atoms. The average Bonchev–Trinajstić information content (AvgIpc) is 2.92. The fourth-order valence-corrected chi connectivity index (χ4v) is 4.63. The summed E-state index contributed by atoms with van der Waals surface area (Å²) in [5.74, 6) is -1.33. The van der Waals surface area contributed by atoms with Crippen molar-refractivity contribution in [2.75, 3.05) is 18.1 Å². The molecule has 0 fully saturated rings. The Morgan fingerprint density at radius 1 is 1.03 bits per heavy atom. The van der Waals surface area contributed by atoms with Crippen LogP contribution in [0.25, 0.3) is 11.1 Å². The van der Waals surface area contributed by atoms with E-state index < -0.39 is 21.8 Å². The monoisotopic (exact) mass is 551 g/mol. The number of carbonyl (C=O) groups is 2. The lowest BCUT2D eigenvalue weighted by molar-refractivity contribution is -0.137. The normalized spacial score (nSPS) is 11.2. The molecule has 0 spiro atoms. The summed E-state index contributed by atoms with van der Waals surface area (Å²) in [6.45, 7) is 6.47. The molecular weight excluding hydrogens is 518 g/mol. The van der Waals surface area contributed by atoms with Crippen LogP contribution < -0.4 is 20.8 Å². The van der Waals surface area contributed by atoms with E-state index in [0.717, 1.165) is 0 Å². The zero-order valence-corrected chi connectivity index (χ0v) is 22.9. The summed E-state index contributed by atoms with van der Waals surface area (Å²) in [5, 5.41) is 16.1. The highest BCUT2D eigenvalue weighted by atomic mass is 32.2. The van der Waals surface area contributed by atoms with E-state index in [1.165, 1.54) is 11.0 Å². The second-order valence-corrected chi connectivity index (χ2v) is 10.7. The highest BCUT2D eigenvalue weighted by Gasteiger charge is 2.24. The van der Waals surface area contributed by atoms with E-state index in [2.05, 4.69) is 10.8 Å². The van der Waals surface area contributed by atoms with Gasteiger partial charge in [0.25, 0.3) is 0 Å². The number of anilines is 1. The smallest absolute Gasteiger partial charge is 0.316 e. The molecule has 10 nitrogen and oxygen atoms in total. The molecular formula is C28H33N5O5S. The number of hydrogen-bond acceptors (Lipinski definition) is 6. The number of amides is 2. The third kappa shape index (κ3) is 7.96. The molecule has 3 aromatic carbocycles. The molecule has 206 valence electrons. The predicted octanol–water partition coefficient (Wildman–Crippen LogP) is 3.17. The lowest BCUT2D eigenvalue weighted by atomic mass is 10.0. The molecule has 0 atom stereocenters. The van der Waals surface area contributed by atoms with E-state index in [1.54, 1.807) is 73.7 Å². The van der Waals surface area contributed by atoms with Crippen LogP contribution in [0.4, 0.5) is 5.69 Å². The van der Waals surface area contributed by atoms with Crippen molar-refractivity contribution in [2.24, 2.45) is 11.1 Å². The van der Waals surface area contributed by atoms with Gasteiger partial charge in [-0.05, 0) is 48.2 Å². The van der Waals surface area contributed by atoms with Crippen LogP contribution in [0.15, 0.2) is 77.7 Å². The first-order chi connectivity index (χ1) is 18.5. The molecule has 3 rings (SSSR count). The van der Waals surface area contributed by atoms with Crippen LogP contribution in [-0.4, -0.2) is 39.2 Å². The maximum Gasteiger partial charge on any atom is 0.316 e. The Balaban J connectivity index is 1.76. The number of primary sulfonamides is 1. The van der Waals surface area contributed by atoms with E-state index in [9.17, 15) is 18.0 Å². The van der Waals surface area contributed by atoms with Gasteiger partial charge < -0.3 is 10.2 Å². The van der Waals surface area contributed by atoms with Crippen molar-refractivity contribution in [3.63, 3.8) is 0 Å². The van der Waals surface area contributed by atoms with Crippen LogP contribution in [0.2, 0.25) is 0 Å². The van der Waals surface area contributed by atoms with E-state index in [-0.39, 0.29) is 23.2 Å². The average molecular weight is 552 g/mol. The van der Waals surface area contributed by atoms with Crippen LogP contribution in [0.1, 0.15) is 31.9 Å². The number of benzene rings is 3.